The molecular weight excluding hydrogens is 615 g/mol. The number of benzene rings is 2. The van der Waals surface area contributed by atoms with Gasteiger partial charge in [0.2, 0.25) is 0 Å². The third-order valence-electron chi connectivity index (χ3n) is 9.47. The van der Waals surface area contributed by atoms with Gasteiger partial charge in [0, 0.05) is 16.5 Å². The topological polar surface area (TPSA) is 24.7 Å². The predicted octanol–water partition coefficient (Wildman–Crippen LogP) is 14.6. The van der Waals surface area contributed by atoms with Crippen molar-refractivity contribution in [3.63, 3.8) is 0 Å². The summed E-state index contributed by atoms with van der Waals surface area (Å²) < 4.78 is 0. The van der Waals surface area contributed by atoms with Gasteiger partial charge in [-0.1, -0.05) is 131 Å². The van der Waals surface area contributed by atoms with Gasteiger partial charge in [-0.2, -0.15) is 0 Å². The van der Waals surface area contributed by atoms with E-state index < -0.39 is 0 Å². The van der Waals surface area contributed by atoms with E-state index in [4.69, 9.17) is 9.98 Å². The monoisotopic (exact) mass is 687 g/mol. The van der Waals surface area contributed by atoms with Crippen LogP contribution in [0.3, 0.4) is 0 Å². The molecule has 0 heterocycles. The molecule has 0 aliphatic heterocycles. The van der Waals surface area contributed by atoms with E-state index in [-0.39, 0.29) is 16.5 Å². The molecule has 3 heteroatoms. The van der Waals surface area contributed by atoms with E-state index in [9.17, 15) is 0 Å². The maximum absolute atomic E-state index is 5.47. The number of aryl methyl sites for hydroxylation is 4. The summed E-state index contributed by atoms with van der Waals surface area (Å²) >= 11 is 0. The zero-order valence-corrected chi connectivity index (χ0v) is 32.6. The number of nitrogens with zero attached hydrogens (tertiary/aromatic N) is 2. The molecule has 2 aromatic rings. The molecular formula is C44H72N2Ni. The van der Waals surface area contributed by atoms with Crippen molar-refractivity contribution in [2.45, 2.75) is 196 Å². The molecule has 0 amide bonds. The summed E-state index contributed by atoms with van der Waals surface area (Å²) in [5.74, 6) is 0. The van der Waals surface area contributed by atoms with E-state index in [1.165, 1.54) is 157 Å². The minimum absolute atomic E-state index is 0. The van der Waals surface area contributed by atoms with E-state index in [0.29, 0.717) is 0 Å². The average Bonchev–Trinajstić information content (AvgIpc) is 3.06. The molecule has 0 atom stereocenters. The molecule has 0 bridgehead atoms. The van der Waals surface area contributed by atoms with Crippen molar-refractivity contribution in [2.24, 2.45) is 9.98 Å². The van der Waals surface area contributed by atoms with E-state index in [1.54, 1.807) is 11.1 Å². The van der Waals surface area contributed by atoms with Crippen LogP contribution in [0.15, 0.2) is 46.4 Å². The van der Waals surface area contributed by atoms with E-state index >= 15 is 0 Å². The fourth-order valence-electron chi connectivity index (χ4n) is 6.48. The van der Waals surface area contributed by atoms with Crippen LogP contribution in [0.25, 0.3) is 0 Å². The van der Waals surface area contributed by atoms with Crippen molar-refractivity contribution in [3.8, 4) is 0 Å². The van der Waals surface area contributed by atoms with E-state index in [2.05, 4.69) is 77.9 Å². The smallest absolute Gasteiger partial charge is 0.0636 e. The molecule has 0 unspecified atom stereocenters. The molecule has 0 aliphatic rings. The fourth-order valence-corrected chi connectivity index (χ4v) is 6.48. The largest absolute Gasteiger partial charge is 0.252 e. The number of hydrogen-bond donors (Lipinski definition) is 0. The molecule has 2 aromatic carbocycles. The molecule has 0 spiro atoms. The quantitative estimate of drug-likeness (QED) is 0.0507. The second-order valence-corrected chi connectivity index (χ2v) is 13.8. The predicted molar refractivity (Wildman–Crippen MR) is 208 cm³/mol. The van der Waals surface area contributed by atoms with Crippen molar-refractivity contribution < 1.29 is 16.5 Å². The minimum Gasteiger partial charge on any atom is -0.252 e. The van der Waals surface area contributed by atoms with Crippen LogP contribution >= 0.6 is 0 Å². The van der Waals surface area contributed by atoms with Gasteiger partial charge in [0.1, 0.15) is 0 Å². The Morgan fingerprint density at radius 1 is 0.383 bits per heavy atom. The first-order valence-electron chi connectivity index (χ1n) is 20.0. The Labute approximate surface area is 302 Å². The van der Waals surface area contributed by atoms with E-state index in [0.717, 1.165) is 30.6 Å². The molecule has 0 aromatic heterocycles. The third kappa shape index (κ3) is 18.0. The van der Waals surface area contributed by atoms with Gasteiger partial charge < -0.3 is 0 Å². The molecule has 0 N–H and O–H groups in total. The maximum Gasteiger partial charge on any atom is 0.0636 e. The van der Waals surface area contributed by atoms with Crippen molar-refractivity contribution in [3.05, 3.63) is 58.7 Å². The van der Waals surface area contributed by atoms with Crippen LogP contribution in [0.4, 0.5) is 11.4 Å². The molecule has 0 saturated carbocycles. The Balaban J connectivity index is 0.0000110. The summed E-state index contributed by atoms with van der Waals surface area (Å²) in [6.07, 6.45) is 29.5. The molecule has 0 saturated heterocycles. The zero-order valence-electron chi connectivity index (χ0n) is 31.6. The molecule has 0 fully saturated rings. The van der Waals surface area contributed by atoms with Crippen LogP contribution in [-0.2, 0) is 42.2 Å². The summed E-state index contributed by atoms with van der Waals surface area (Å²) in [6, 6.07) is 14.2. The summed E-state index contributed by atoms with van der Waals surface area (Å²) in [7, 11) is 0. The van der Waals surface area contributed by atoms with Gasteiger partial charge in [0.25, 0.3) is 0 Å². The van der Waals surface area contributed by atoms with Gasteiger partial charge in [0.05, 0.1) is 22.8 Å². The second-order valence-electron chi connectivity index (χ2n) is 13.8. The summed E-state index contributed by atoms with van der Waals surface area (Å²) in [6.45, 7) is 13.8. The standard InChI is InChI=1S/C44H72N2.Ni/c1-7-13-19-24-30-44(46-42-34-32-38(26-21-15-9-3)40(36-42)28-23-17-11-5)43(29-18-12-6)45-41-33-31-37(25-20-14-8-2)39(35-41)27-22-16-10-4;/h31-36H,7-30H2,1-6H3;/b45-43+,46-44+;. The minimum atomic E-state index is 0. The van der Waals surface area contributed by atoms with Gasteiger partial charge in [-0.05, 0) is 124 Å². The molecule has 0 aliphatic carbocycles. The number of hydrogen-bond acceptors (Lipinski definition) is 2. The first kappa shape index (κ1) is 43.3. The van der Waals surface area contributed by atoms with Crippen molar-refractivity contribution in [1.29, 1.82) is 0 Å². The Hall–Kier alpha value is -1.73. The van der Waals surface area contributed by atoms with Crippen LogP contribution in [0.2, 0.25) is 0 Å². The molecule has 2 rings (SSSR count). The van der Waals surface area contributed by atoms with Crippen LogP contribution in [0.5, 0.6) is 0 Å². The van der Waals surface area contributed by atoms with Gasteiger partial charge in [-0.25, -0.2) is 0 Å². The summed E-state index contributed by atoms with van der Waals surface area (Å²) in [5, 5.41) is 0. The molecule has 268 valence electrons. The zero-order chi connectivity index (χ0) is 33.2. The fraction of sp³-hybridized carbons (Fsp3) is 0.682. The van der Waals surface area contributed by atoms with Crippen LogP contribution < -0.4 is 0 Å². The number of aliphatic imine (C=N–C) groups is 2. The summed E-state index contributed by atoms with van der Waals surface area (Å²) in [5.41, 5.74) is 10.8. The van der Waals surface area contributed by atoms with Gasteiger partial charge >= 0.3 is 0 Å². The number of unbranched alkanes of at least 4 members (excludes halogenated alkanes) is 12. The van der Waals surface area contributed by atoms with Gasteiger partial charge in [-0.15, -0.1) is 0 Å². The SMILES string of the molecule is CCCCCCC(=N\c1ccc(CCCCC)c(CCCCC)c1)/C(CCCC)=N/c1ccc(CCCCC)c(CCCCC)c1.[Ni]. The first-order chi connectivity index (χ1) is 22.6. The van der Waals surface area contributed by atoms with Crippen LogP contribution in [-0.4, -0.2) is 11.4 Å². The normalized spacial score (nSPS) is 12.0. The van der Waals surface area contributed by atoms with Gasteiger partial charge in [-0.3, -0.25) is 9.98 Å². The molecule has 0 radical (unpaired) electrons. The molecule has 47 heavy (non-hydrogen) atoms. The Kier molecular flexibility index (Phi) is 25.9. The van der Waals surface area contributed by atoms with Crippen LogP contribution in [0, 0.1) is 0 Å². The van der Waals surface area contributed by atoms with E-state index in [1.807, 2.05) is 0 Å². The Morgan fingerprint density at radius 3 is 1.11 bits per heavy atom. The van der Waals surface area contributed by atoms with Crippen molar-refractivity contribution in [1.82, 2.24) is 0 Å². The number of rotatable bonds is 27. The van der Waals surface area contributed by atoms with Crippen molar-refractivity contribution >= 4 is 22.8 Å². The molecule has 2 nitrogen and oxygen atoms in total. The van der Waals surface area contributed by atoms with Crippen LogP contribution in [0.1, 0.15) is 192 Å². The second kappa shape index (κ2) is 28.1. The average molecular weight is 688 g/mol. The Bertz CT molecular complexity index is 1130. The third-order valence-corrected chi connectivity index (χ3v) is 9.47. The van der Waals surface area contributed by atoms with Gasteiger partial charge in [0.15, 0.2) is 0 Å². The maximum atomic E-state index is 5.47. The van der Waals surface area contributed by atoms with Crippen molar-refractivity contribution in [2.75, 3.05) is 0 Å². The first-order valence-corrected chi connectivity index (χ1v) is 20.0. The Morgan fingerprint density at radius 2 is 0.723 bits per heavy atom. The summed E-state index contributed by atoms with van der Waals surface area (Å²) in [4.78, 5) is 10.9.